The second-order valence-electron chi connectivity index (χ2n) is 4.70. The van der Waals surface area contributed by atoms with Crippen LogP contribution in [-0.4, -0.2) is 27.9 Å². The predicted molar refractivity (Wildman–Crippen MR) is 86.7 cm³/mol. The SMILES string of the molecule is Cc1cnc(C(=O)O[C@H](C)C(=O)Nc2ccc(Cl)cc2Cl)cn1. The number of aryl methyl sites for hydroxylation is 1. The van der Waals surface area contributed by atoms with E-state index in [2.05, 4.69) is 15.3 Å². The summed E-state index contributed by atoms with van der Waals surface area (Å²) in [5.41, 5.74) is 1.07. The Kier molecular flexibility index (Phi) is 5.52. The first-order valence-corrected chi connectivity index (χ1v) is 7.38. The van der Waals surface area contributed by atoms with E-state index in [4.69, 9.17) is 27.9 Å². The van der Waals surface area contributed by atoms with Crippen LogP contribution < -0.4 is 5.32 Å². The van der Waals surface area contributed by atoms with E-state index in [9.17, 15) is 9.59 Å². The standard InChI is InChI=1S/C15H13Cl2N3O3/c1-8-6-19-13(7-18-8)15(22)23-9(2)14(21)20-12-4-3-10(16)5-11(12)17/h3-7,9H,1-2H3,(H,20,21)/t9-/m1/s1. The van der Waals surface area contributed by atoms with Crippen molar-refractivity contribution in [1.29, 1.82) is 0 Å². The zero-order valence-electron chi connectivity index (χ0n) is 12.3. The number of carbonyl (C=O) groups is 2. The summed E-state index contributed by atoms with van der Waals surface area (Å²) in [6, 6.07) is 4.64. The lowest BCUT2D eigenvalue weighted by Crippen LogP contribution is -2.30. The fourth-order valence-electron chi connectivity index (χ4n) is 1.60. The van der Waals surface area contributed by atoms with Crippen molar-refractivity contribution in [1.82, 2.24) is 9.97 Å². The van der Waals surface area contributed by atoms with Crippen molar-refractivity contribution < 1.29 is 14.3 Å². The van der Waals surface area contributed by atoms with Gasteiger partial charge in [0.15, 0.2) is 11.8 Å². The molecule has 1 N–H and O–H groups in total. The van der Waals surface area contributed by atoms with Crippen LogP contribution in [0.1, 0.15) is 23.1 Å². The highest BCUT2D eigenvalue weighted by Crippen LogP contribution is 2.25. The Labute approximate surface area is 142 Å². The van der Waals surface area contributed by atoms with Crippen LogP contribution in [0.2, 0.25) is 10.0 Å². The minimum absolute atomic E-state index is 0.0276. The van der Waals surface area contributed by atoms with Gasteiger partial charge in [-0.05, 0) is 32.0 Å². The van der Waals surface area contributed by atoms with Gasteiger partial charge in [-0.3, -0.25) is 9.78 Å². The maximum absolute atomic E-state index is 12.1. The number of amides is 1. The van der Waals surface area contributed by atoms with E-state index in [1.165, 1.54) is 25.4 Å². The van der Waals surface area contributed by atoms with Crippen LogP contribution in [0.25, 0.3) is 0 Å². The molecule has 120 valence electrons. The average Bonchev–Trinajstić information content (AvgIpc) is 2.50. The summed E-state index contributed by atoms with van der Waals surface area (Å²) >= 11 is 11.8. The maximum atomic E-state index is 12.1. The van der Waals surface area contributed by atoms with Gasteiger partial charge in [0.05, 0.1) is 22.6 Å². The van der Waals surface area contributed by atoms with E-state index in [1.54, 1.807) is 19.1 Å². The largest absolute Gasteiger partial charge is 0.448 e. The Morgan fingerprint density at radius 2 is 1.96 bits per heavy atom. The molecule has 0 spiro atoms. The minimum Gasteiger partial charge on any atom is -0.448 e. The molecular formula is C15H13Cl2N3O3. The van der Waals surface area contributed by atoms with Crippen LogP contribution in [-0.2, 0) is 9.53 Å². The first-order chi connectivity index (χ1) is 10.9. The fourth-order valence-corrected chi connectivity index (χ4v) is 2.05. The van der Waals surface area contributed by atoms with Crippen LogP contribution in [0.5, 0.6) is 0 Å². The highest BCUT2D eigenvalue weighted by Gasteiger charge is 2.20. The molecule has 1 amide bonds. The van der Waals surface area contributed by atoms with Crippen LogP contribution >= 0.6 is 23.2 Å². The number of carbonyl (C=O) groups excluding carboxylic acids is 2. The monoisotopic (exact) mass is 353 g/mol. The molecule has 2 rings (SSSR count). The van der Waals surface area contributed by atoms with Gasteiger partial charge < -0.3 is 10.1 Å². The van der Waals surface area contributed by atoms with Crippen molar-refractivity contribution in [2.75, 3.05) is 5.32 Å². The van der Waals surface area contributed by atoms with Crippen LogP contribution in [0, 0.1) is 6.92 Å². The quantitative estimate of drug-likeness (QED) is 0.853. The van der Waals surface area contributed by atoms with Gasteiger partial charge in [-0.2, -0.15) is 0 Å². The summed E-state index contributed by atoms with van der Waals surface area (Å²) in [6.07, 6.45) is 1.70. The lowest BCUT2D eigenvalue weighted by atomic mass is 10.3. The number of benzene rings is 1. The maximum Gasteiger partial charge on any atom is 0.359 e. The van der Waals surface area contributed by atoms with Gasteiger partial charge in [0.25, 0.3) is 5.91 Å². The zero-order valence-corrected chi connectivity index (χ0v) is 13.9. The van der Waals surface area contributed by atoms with Crippen molar-refractivity contribution in [3.63, 3.8) is 0 Å². The Bertz CT molecular complexity index is 735. The van der Waals surface area contributed by atoms with Crippen molar-refractivity contribution >= 4 is 40.8 Å². The average molecular weight is 354 g/mol. The van der Waals surface area contributed by atoms with Gasteiger partial charge in [0, 0.05) is 11.2 Å². The van der Waals surface area contributed by atoms with Crippen LogP contribution in [0.4, 0.5) is 5.69 Å². The van der Waals surface area contributed by atoms with Gasteiger partial charge >= 0.3 is 5.97 Å². The van der Waals surface area contributed by atoms with Crippen LogP contribution in [0.15, 0.2) is 30.6 Å². The Morgan fingerprint density at radius 3 is 2.57 bits per heavy atom. The number of anilines is 1. The van der Waals surface area contributed by atoms with Gasteiger partial charge in [-0.25, -0.2) is 9.78 Å². The number of nitrogens with one attached hydrogen (secondary N) is 1. The second-order valence-corrected chi connectivity index (χ2v) is 5.55. The first-order valence-electron chi connectivity index (χ1n) is 6.62. The molecule has 0 fully saturated rings. The molecule has 1 aromatic heterocycles. The van der Waals surface area contributed by atoms with E-state index >= 15 is 0 Å². The van der Waals surface area contributed by atoms with E-state index in [-0.39, 0.29) is 10.7 Å². The third-order valence-corrected chi connectivity index (χ3v) is 3.38. The summed E-state index contributed by atoms with van der Waals surface area (Å²) in [5, 5.41) is 3.30. The highest BCUT2D eigenvalue weighted by molar-refractivity contribution is 6.36. The van der Waals surface area contributed by atoms with Crippen molar-refractivity contribution in [2.45, 2.75) is 20.0 Å². The lowest BCUT2D eigenvalue weighted by Gasteiger charge is -2.14. The summed E-state index contributed by atoms with van der Waals surface area (Å²) in [5.74, 6) is -1.26. The van der Waals surface area contributed by atoms with Crippen molar-refractivity contribution in [3.05, 3.63) is 52.0 Å². The van der Waals surface area contributed by atoms with Crippen molar-refractivity contribution in [2.24, 2.45) is 0 Å². The molecule has 2 aromatic rings. The van der Waals surface area contributed by atoms with E-state index in [0.29, 0.717) is 16.4 Å². The minimum atomic E-state index is -1.03. The van der Waals surface area contributed by atoms with Crippen molar-refractivity contribution in [3.8, 4) is 0 Å². The molecule has 0 radical (unpaired) electrons. The molecule has 0 aliphatic carbocycles. The van der Waals surface area contributed by atoms with Gasteiger partial charge in [0.2, 0.25) is 0 Å². The van der Waals surface area contributed by atoms with Gasteiger partial charge in [0.1, 0.15) is 0 Å². The molecule has 0 saturated heterocycles. The van der Waals surface area contributed by atoms with Crippen LogP contribution in [0.3, 0.4) is 0 Å². The number of esters is 1. The third-order valence-electron chi connectivity index (χ3n) is 2.83. The molecule has 1 aromatic carbocycles. The Morgan fingerprint density at radius 1 is 1.22 bits per heavy atom. The van der Waals surface area contributed by atoms with Gasteiger partial charge in [-0.1, -0.05) is 23.2 Å². The molecule has 1 heterocycles. The molecule has 1 atom stereocenters. The summed E-state index contributed by atoms with van der Waals surface area (Å²) in [7, 11) is 0. The molecule has 6 nitrogen and oxygen atoms in total. The molecule has 0 aliphatic heterocycles. The number of hydrogen-bond acceptors (Lipinski definition) is 5. The third kappa shape index (κ3) is 4.64. The molecule has 8 heteroatoms. The normalized spacial score (nSPS) is 11.7. The highest BCUT2D eigenvalue weighted by atomic mass is 35.5. The second kappa shape index (κ2) is 7.39. The van der Waals surface area contributed by atoms with E-state index in [0.717, 1.165) is 0 Å². The summed E-state index contributed by atoms with van der Waals surface area (Å²) in [6.45, 7) is 3.19. The first kappa shape index (κ1) is 17.2. The summed E-state index contributed by atoms with van der Waals surface area (Å²) in [4.78, 5) is 31.8. The number of ether oxygens (including phenoxy) is 1. The number of nitrogens with zero attached hydrogens (tertiary/aromatic N) is 2. The molecule has 0 unspecified atom stereocenters. The van der Waals surface area contributed by atoms with E-state index < -0.39 is 18.0 Å². The molecule has 0 bridgehead atoms. The lowest BCUT2D eigenvalue weighted by molar-refractivity contribution is -0.123. The number of hydrogen-bond donors (Lipinski definition) is 1. The van der Waals surface area contributed by atoms with E-state index in [1.807, 2.05) is 0 Å². The summed E-state index contributed by atoms with van der Waals surface area (Å²) < 4.78 is 5.05. The molecule has 0 aliphatic rings. The number of aromatic nitrogens is 2. The molecule has 0 saturated carbocycles. The topological polar surface area (TPSA) is 81.2 Å². The Balaban J connectivity index is 1.99. The zero-order chi connectivity index (χ0) is 17.0. The number of rotatable bonds is 4. The smallest absolute Gasteiger partial charge is 0.359 e. The molecular weight excluding hydrogens is 341 g/mol. The molecule has 23 heavy (non-hydrogen) atoms. The fraction of sp³-hybridized carbons (Fsp3) is 0.200. The predicted octanol–water partition coefficient (Wildman–Crippen LogP) is 3.28. The van der Waals surface area contributed by atoms with Gasteiger partial charge in [-0.15, -0.1) is 0 Å². The number of halogens is 2. The Hall–Kier alpha value is -2.18.